The van der Waals surface area contributed by atoms with Crippen LogP contribution in [0.4, 0.5) is 23.1 Å². The number of benzene rings is 1. The number of amides is 1. The summed E-state index contributed by atoms with van der Waals surface area (Å²) < 4.78 is 0. The number of rotatable bonds is 4. The molecule has 0 saturated carbocycles. The van der Waals surface area contributed by atoms with Crippen LogP contribution in [0.1, 0.15) is 27.7 Å². The molecule has 26 heavy (non-hydrogen) atoms. The Labute approximate surface area is 152 Å². The highest BCUT2D eigenvalue weighted by molar-refractivity contribution is 5.91. The summed E-state index contributed by atoms with van der Waals surface area (Å²) in [5, 5.41) is 7.59. The Morgan fingerprint density at radius 1 is 1.12 bits per heavy atom. The second kappa shape index (κ2) is 6.67. The molecule has 1 aromatic carbocycles. The van der Waals surface area contributed by atoms with E-state index in [9.17, 15) is 4.79 Å². The number of carbonyl (C=O) groups excluding carboxylic acids is 1. The van der Waals surface area contributed by atoms with E-state index in [4.69, 9.17) is 0 Å². The van der Waals surface area contributed by atoms with Gasteiger partial charge in [0.05, 0.1) is 5.39 Å². The lowest BCUT2D eigenvalue weighted by Crippen LogP contribution is -2.27. The molecule has 2 aromatic heterocycles. The van der Waals surface area contributed by atoms with Gasteiger partial charge in [-0.3, -0.25) is 4.79 Å². The lowest BCUT2D eigenvalue weighted by Gasteiger charge is -2.22. The number of aromatic amines is 1. The smallest absolute Gasteiger partial charge is 0.231 e. The predicted octanol–water partition coefficient (Wildman–Crippen LogP) is 3.89. The third-order valence-corrected chi connectivity index (χ3v) is 3.89. The van der Waals surface area contributed by atoms with Crippen molar-refractivity contribution in [2.45, 2.75) is 33.2 Å². The summed E-state index contributed by atoms with van der Waals surface area (Å²) in [6.45, 7) is 7.80. The molecule has 0 spiro atoms. The molecule has 0 unspecified atom stereocenters. The molecule has 0 bridgehead atoms. The third-order valence-electron chi connectivity index (χ3n) is 3.89. The molecular weight excluding hydrogens is 328 g/mol. The Bertz CT molecular complexity index is 923. The normalized spacial score (nSPS) is 11.4. The zero-order valence-corrected chi connectivity index (χ0v) is 15.7. The summed E-state index contributed by atoms with van der Waals surface area (Å²) in [6, 6.07) is 9.51. The maximum atomic E-state index is 11.5. The van der Waals surface area contributed by atoms with Crippen LogP contribution in [0.25, 0.3) is 11.0 Å². The first-order valence-electron chi connectivity index (χ1n) is 8.48. The fourth-order valence-electron chi connectivity index (χ4n) is 2.53. The number of anilines is 4. The zero-order valence-electron chi connectivity index (χ0n) is 15.7. The van der Waals surface area contributed by atoms with Gasteiger partial charge in [-0.15, -0.1) is 0 Å². The summed E-state index contributed by atoms with van der Waals surface area (Å²) in [7, 11) is 1.75. The Morgan fingerprint density at radius 2 is 1.81 bits per heavy atom. The van der Waals surface area contributed by atoms with E-state index in [0.717, 1.165) is 28.2 Å². The van der Waals surface area contributed by atoms with Gasteiger partial charge in [0.2, 0.25) is 11.9 Å². The average Bonchev–Trinajstić information content (AvgIpc) is 3.02. The van der Waals surface area contributed by atoms with Gasteiger partial charge in [0.15, 0.2) is 0 Å². The maximum absolute atomic E-state index is 11.5. The van der Waals surface area contributed by atoms with Crippen LogP contribution in [0.5, 0.6) is 0 Å². The van der Waals surface area contributed by atoms with Crippen LogP contribution in [0.3, 0.4) is 0 Å². The third kappa shape index (κ3) is 3.93. The monoisotopic (exact) mass is 352 g/mol. The zero-order chi connectivity index (χ0) is 18.9. The van der Waals surface area contributed by atoms with Crippen molar-refractivity contribution in [3.63, 3.8) is 0 Å². The molecule has 3 rings (SSSR count). The summed E-state index contributed by atoms with van der Waals surface area (Å²) in [5.74, 6) is 1.27. The molecule has 7 heteroatoms. The summed E-state index contributed by atoms with van der Waals surface area (Å²) >= 11 is 0. The van der Waals surface area contributed by atoms with Crippen LogP contribution < -0.4 is 15.5 Å². The van der Waals surface area contributed by atoms with E-state index >= 15 is 0 Å². The highest BCUT2D eigenvalue weighted by atomic mass is 16.2. The fraction of sp³-hybridized carbons (Fsp3) is 0.316. The number of H-pyrrole nitrogens is 1. The topological polar surface area (TPSA) is 85.9 Å². The van der Waals surface area contributed by atoms with Gasteiger partial charge in [0.1, 0.15) is 11.5 Å². The second-order valence-electron chi connectivity index (χ2n) is 7.26. The molecule has 0 saturated heterocycles. The predicted molar refractivity (Wildman–Crippen MR) is 106 cm³/mol. The first kappa shape index (κ1) is 17.7. The Balaban J connectivity index is 1.88. The largest absolute Gasteiger partial charge is 0.365 e. The van der Waals surface area contributed by atoms with E-state index in [2.05, 4.69) is 46.4 Å². The molecule has 1 amide bonds. The van der Waals surface area contributed by atoms with Gasteiger partial charge in [-0.05, 0) is 51.1 Å². The molecule has 0 radical (unpaired) electrons. The van der Waals surface area contributed by atoms with Crippen molar-refractivity contribution in [3.8, 4) is 0 Å². The lowest BCUT2D eigenvalue weighted by atomic mass is 10.1. The van der Waals surface area contributed by atoms with Crippen LogP contribution in [0, 0.1) is 0 Å². The second-order valence-corrected chi connectivity index (χ2v) is 7.26. The number of aromatic nitrogens is 3. The van der Waals surface area contributed by atoms with Crippen molar-refractivity contribution in [3.05, 3.63) is 36.5 Å². The fourth-order valence-corrected chi connectivity index (χ4v) is 2.53. The van der Waals surface area contributed by atoms with Gasteiger partial charge in [0, 0.05) is 37.1 Å². The van der Waals surface area contributed by atoms with E-state index in [1.165, 1.54) is 6.92 Å². The summed E-state index contributed by atoms with van der Waals surface area (Å²) in [5.41, 5.74) is 2.33. The number of nitrogens with one attached hydrogen (secondary N) is 3. The number of nitrogens with zero attached hydrogens (tertiary/aromatic N) is 3. The quantitative estimate of drug-likeness (QED) is 0.663. The lowest BCUT2D eigenvalue weighted by molar-refractivity contribution is -0.116. The standard InChI is InChI=1S/C19H24N6O/c1-12(26)25(5)14-8-6-13(7-9-14)21-18-22-16-15(10-11-20-16)17(23-18)24-19(2,3)4/h6-11H,1-5H3,(H3,20,21,22,23,24). The highest BCUT2D eigenvalue weighted by Crippen LogP contribution is 2.26. The van der Waals surface area contributed by atoms with Gasteiger partial charge in [0.25, 0.3) is 0 Å². The van der Waals surface area contributed by atoms with Crippen molar-refractivity contribution in [1.29, 1.82) is 0 Å². The van der Waals surface area contributed by atoms with Gasteiger partial charge in [-0.2, -0.15) is 9.97 Å². The van der Waals surface area contributed by atoms with Crippen LogP contribution >= 0.6 is 0 Å². The first-order chi connectivity index (χ1) is 12.2. The molecule has 7 nitrogen and oxygen atoms in total. The maximum Gasteiger partial charge on any atom is 0.231 e. The molecular formula is C19H24N6O. The molecule has 3 aromatic rings. The molecule has 136 valence electrons. The number of hydrogen-bond donors (Lipinski definition) is 3. The van der Waals surface area contributed by atoms with Crippen molar-refractivity contribution in [2.75, 3.05) is 22.6 Å². The van der Waals surface area contributed by atoms with Gasteiger partial charge in [-0.25, -0.2) is 0 Å². The minimum absolute atomic E-state index is 0.0101. The van der Waals surface area contributed by atoms with E-state index in [1.54, 1.807) is 11.9 Å². The molecule has 0 aliphatic heterocycles. The Hall–Kier alpha value is -3.09. The number of hydrogen-bond acceptors (Lipinski definition) is 5. The van der Waals surface area contributed by atoms with Crippen LogP contribution in [-0.2, 0) is 4.79 Å². The molecule has 0 fully saturated rings. The molecule has 3 N–H and O–H groups in total. The van der Waals surface area contributed by atoms with Crippen molar-refractivity contribution in [2.24, 2.45) is 0 Å². The SMILES string of the molecule is CC(=O)N(C)c1ccc(Nc2nc(NC(C)(C)C)c3cc[nH]c3n2)cc1. The molecule has 0 atom stereocenters. The summed E-state index contributed by atoms with van der Waals surface area (Å²) in [4.78, 5) is 25.3. The Morgan fingerprint density at radius 3 is 2.42 bits per heavy atom. The van der Waals surface area contributed by atoms with Crippen molar-refractivity contribution >= 4 is 40.1 Å². The van der Waals surface area contributed by atoms with Crippen LogP contribution in [0.15, 0.2) is 36.5 Å². The summed E-state index contributed by atoms with van der Waals surface area (Å²) in [6.07, 6.45) is 1.85. The van der Waals surface area contributed by atoms with Crippen LogP contribution in [0.2, 0.25) is 0 Å². The number of fused-ring (bicyclic) bond motifs is 1. The van der Waals surface area contributed by atoms with Crippen molar-refractivity contribution < 1.29 is 4.79 Å². The first-order valence-corrected chi connectivity index (χ1v) is 8.48. The molecule has 0 aliphatic carbocycles. The molecule has 2 heterocycles. The minimum Gasteiger partial charge on any atom is -0.365 e. The molecule has 0 aliphatic rings. The van der Waals surface area contributed by atoms with E-state index < -0.39 is 0 Å². The number of carbonyl (C=O) groups is 1. The highest BCUT2D eigenvalue weighted by Gasteiger charge is 2.15. The van der Waals surface area contributed by atoms with E-state index in [1.807, 2.05) is 36.5 Å². The van der Waals surface area contributed by atoms with E-state index in [0.29, 0.717) is 5.95 Å². The van der Waals surface area contributed by atoms with Gasteiger partial charge >= 0.3 is 0 Å². The Kier molecular flexibility index (Phi) is 4.54. The average molecular weight is 352 g/mol. The van der Waals surface area contributed by atoms with Crippen LogP contribution in [-0.4, -0.2) is 33.4 Å². The minimum atomic E-state index is -0.116. The van der Waals surface area contributed by atoms with E-state index in [-0.39, 0.29) is 11.4 Å². The van der Waals surface area contributed by atoms with Gasteiger partial charge in [-0.1, -0.05) is 0 Å². The van der Waals surface area contributed by atoms with Crippen molar-refractivity contribution in [1.82, 2.24) is 15.0 Å². The van der Waals surface area contributed by atoms with Gasteiger partial charge < -0.3 is 20.5 Å².